The second-order valence-corrected chi connectivity index (χ2v) is 6.70. The normalized spacial score (nSPS) is 17.6. The highest BCUT2D eigenvalue weighted by atomic mass is 32.2. The molecule has 0 spiro atoms. The lowest BCUT2D eigenvalue weighted by Crippen LogP contribution is -2.31. The van der Waals surface area contributed by atoms with Gasteiger partial charge in [0.2, 0.25) is 5.91 Å². The van der Waals surface area contributed by atoms with Crippen LogP contribution in [0.15, 0.2) is 40.9 Å². The number of carbonyl (C=O) groups is 1. The maximum absolute atomic E-state index is 12.5. The molecule has 0 radical (unpaired) electrons. The van der Waals surface area contributed by atoms with E-state index in [4.69, 9.17) is 4.42 Å². The van der Waals surface area contributed by atoms with E-state index in [0.717, 1.165) is 48.8 Å². The molecule has 3 rings (SSSR count). The molecule has 1 amide bonds. The van der Waals surface area contributed by atoms with Gasteiger partial charge >= 0.3 is 0 Å². The van der Waals surface area contributed by atoms with Crippen LogP contribution in [0.25, 0.3) is 0 Å². The standard InChI is InChI=1S/C18H22N2O2S/c1-2-15-8-9-17(22-15)16-7-5-11-20(16)18(21)13-23-12-14-6-3-4-10-19-14/h3-4,6,8-10,16H,2,5,7,11-13H2,1H3/t16-/m1/s1. The summed E-state index contributed by atoms with van der Waals surface area (Å²) in [5.74, 6) is 3.38. The van der Waals surface area contributed by atoms with E-state index in [1.807, 2.05) is 35.2 Å². The summed E-state index contributed by atoms with van der Waals surface area (Å²) in [6, 6.07) is 10.0. The molecule has 5 heteroatoms. The Morgan fingerprint density at radius 3 is 3.04 bits per heavy atom. The SMILES string of the molecule is CCc1ccc([C@H]2CCCN2C(=O)CSCc2ccccn2)o1. The highest BCUT2D eigenvalue weighted by molar-refractivity contribution is 7.99. The monoisotopic (exact) mass is 330 g/mol. The summed E-state index contributed by atoms with van der Waals surface area (Å²) < 4.78 is 5.86. The van der Waals surface area contributed by atoms with E-state index in [0.29, 0.717) is 5.75 Å². The van der Waals surface area contributed by atoms with Crippen LogP contribution >= 0.6 is 11.8 Å². The van der Waals surface area contributed by atoms with Crippen LogP contribution in [0.5, 0.6) is 0 Å². The average Bonchev–Trinajstić information content (AvgIpc) is 3.24. The summed E-state index contributed by atoms with van der Waals surface area (Å²) in [4.78, 5) is 18.8. The van der Waals surface area contributed by atoms with Crippen molar-refractivity contribution in [2.24, 2.45) is 0 Å². The van der Waals surface area contributed by atoms with Gasteiger partial charge in [-0.25, -0.2) is 0 Å². The lowest BCUT2D eigenvalue weighted by Gasteiger charge is -2.23. The Labute approximate surface area is 141 Å². The molecule has 2 aromatic heterocycles. The first-order valence-corrected chi connectivity index (χ1v) is 9.29. The number of aryl methyl sites for hydroxylation is 1. The molecule has 122 valence electrons. The van der Waals surface area contributed by atoms with Crippen LogP contribution in [0.4, 0.5) is 0 Å². The van der Waals surface area contributed by atoms with Gasteiger partial charge in [0.25, 0.3) is 0 Å². The average molecular weight is 330 g/mol. The Hall–Kier alpha value is -1.75. The summed E-state index contributed by atoms with van der Waals surface area (Å²) in [6.45, 7) is 2.91. The summed E-state index contributed by atoms with van der Waals surface area (Å²) in [6.07, 6.45) is 4.72. The first kappa shape index (κ1) is 16.1. The molecule has 1 saturated heterocycles. The minimum atomic E-state index is 0.109. The van der Waals surface area contributed by atoms with Crippen molar-refractivity contribution in [3.05, 3.63) is 53.7 Å². The molecular formula is C18H22N2O2S. The predicted molar refractivity (Wildman–Crippen MR) is 92.2 cm³/mol. The molecule has 1 fully saturated rings. The smallest absolute Gasteiger partial charge is 0.233 e. The van der Waals surface area contributed by atoms with Gasteiger partial charge in [-0.2, -0.15) is 0 Å². The van der Waals surface area contributed by atoms with Crippen LogP contribution in [0.1, 0.15) is 43.0 Å². The highest BCUT2D eigenvalue weighted by Gasteiger charge is 2.31. The van der Waals surface area contributed by atoms with Gasteiger partial charge in [0.05, 0.1) is 17.5 Å². The molecule has 1 aliphatic heterocycles. The fraction of sp³-hybridized carbons (Fsp3) is 0.444. The fourth-order valence-electron chi connectivity index (χ4n) is 2.93. The van der Waals surface area contributed by atoms with Gasteiger partial charge in [-0.3, -0.25) is 9.78 Å². The minimum Gasteiger partial charge on any atom is -0.464 e. The second-order valence-electron chi connectivity index (χ2n) is 5.72. The predicted octanol–water partition coefficient (Wildman–Crippen LogP) is 3.83. The molecule has 1 atom stereocenters. The maximum Gasteiger partial charge on any atom is 0.233 e. The summed E-state index contributed by atoms with van der Waals surface area (Å²) in [7, 11) is 0. The van der Waals surface area contributed by atoms with Crippen LogP contribution in [0.3, 0.4) is 0 Å². The Morgan fingerprint density at radius 2 is 2.30 bits per heavy atom. The molecule has 4 nitrogen and oxygen atoms in total. The van der Waals surface area contributed by atoms with Crippen molar-refractivity contribution in [2.45, 2.75) is 38.0 Å². The lowest BCUT2D eigenvalue weighted by molar-refractivity contribution is -0.129. The van der Waals surface area contributed by atoms with E-state index in [1.54, 1.807) is 18.0 Å². The third kappa shape index (κ3) is 3.96. The van der Waals surface area contributed by atoms with Crippen molar-refractivity contribution in [3.8, 4) is 0 Å². The van der Waals surface area contributed by atoms with E-state index in [9.17, 15) is 4.79 Å². The lowest BCUT2D eigenvalue weighted by atomic mass is 10.1. The van der Waals surface area contributed by atoms with Crippen LogP contribution in [0.2, 0.25) is 0 Å². The Bertz CT molecular complexity index is 641. The van der Waals surface area contributed by atoms with Gasteiger partial charge in [-0.1, -0.05) is 13.0 Å². The van der Waals surface area contributed by atoms with Crippen molar-refractivity contribution in [1.82, 2.24) is 9.88 Å². The number of nitrogens with zero attached hydrogens (tertiary/aromatic N) is 2. The number of furan rings is 1. The van der Waals surface area contributed by atoms with Crippen LogP contribution in [-0.4, -0.2) is 28.1 Å². The highest BCUT2D eigenvalue weighted by Crippen LogP contribution is 2.33. The number of rotatable bonds is 6. The number of carbonyl (C=O) groups excluding carboxylic acids is 1. The first-order chi connectivity index (χ1) is 11.3. The second kappa shape index (κ2) is 7.68. The molecule has 2 aromatic rings. The van der Waals surface area contributed by atoms with Crippen molar-refractivity contribution < 1.29 is 9.21 Å². The molecule has 0 bridgehead atoms. The van der Waals surface area contributed by atoms with Gasteiger partial charge in [0.15, 0.2) is 0 Å². The van der Waals surface area contributed by atoms with Crippen LogP contribution in [-0.2, 0) is 17.0 Å². The van der Waals surface area contributed by atoms with Gasteiger partial charge in [0, 0.05) is 24.9 Å². The van der Waals surface area contributed by atoms with Crippen molar-refractivity contribution in [1.29, 1.82) is 0 Å². The minimum absolute atomic E-state index is 0.109. The number of likely N-dealkylation sites (tertiary alicyclic amines) is 1. The molecule has 0 unspecified atom stereocenters. The Morgan fingerprint density at radius 1 is 1.39 bits per heavy atom. The molecule has 1 aliphatic rings. The number of thioether (sulfide) groups is 1. The van der Waals surface area contributed by atoms with Gasteiger partial charge in [0.1, 0.15) is 11.5 Å². The molecule has 0 saturated carbocycles. The van der Waals surface area contributed by atoms with Crippen molar-refractivity contribution in [2.75, 3.05) is 12.3 Å². The largest absolute Gasteiger partial charge is 0.464 e. The van der Waals surface area contributed by atoms with Crippen molar-refractivity contribution in [3.63, 3.8) is 0 Å². The van der Waals surface area contributed by atoms with Gasteiger partial charge in [-0.05, 0) is 37.1 Å². The zero-order valence-corrected chi connectivity index (χ0v) is 14.2. The molecule has 23 heavy (non-hydrogen) atoms. The van der Waals surface area contributed by atoms with E-state index in [-0.39, 0.29) is 11.9 Å². The topological polar surface area (TPSA) is 46.3 Å². The third-order valence-corrected chi connectivity index (χ3v) is 5.09. The molecule has 0 aliphatic carbocycles. The van der Waals surface area contributed by atoms with E-state index in [1.165, 1.54) is 0 Å². The third-order valence-electron chi connectivity index (χ3n) is 4.13. The van der Waals surface area contributed by atoms with Crippen LogP contribution in [0, 0.1) is 0 Å². The molecule has 0 N–H and O–H groups in total. The molecule has 0 aromatic carbocycles. The summed E-state index contributed by atoms with van der Waals surface area (Å²) >= 11 is 1.62. The van der Waals surface area contributed by atoms with Gasteiger partial charge in [-0.15, -0.1) is 11.8 Å². The number of hydrogen-bond donors (Lipinski definition) is 0. The van der Waals surface area contributed by atoms with E-state index < -0.39 is 0 Å². The zero-order chi connectivity index (χ0) is 16.1. The first-order valence-electron chi connectivity index (χ1n) is 8.13. The number of amides is 1. The fourth-order valence-corrected chi connectivity index (χ4v) is 3.76. The van der Waals surface area contributed by atoms with E-state index in [2.05, 4.69) is 11.9 Å². The molecule has 3 heterocycles. The van der Waals surface area contributed by atoms with Gasteiger partial charge < -0.3 is 9.32 Å². The summed E-state index contributed by atoms with van der Waals surface area (Å²) in [5, 5.41) is 0. The Kier molecular flexibility index (Phi) is 5.39. The molecular weight excluding hydrogens is 308 g/mol. The summed E-state index contributed by atoms with van der Waals surface area (Å²) in [5.41, 5.74) is 1.02. The van der Waals surface area contributed by atoms with Crippen molar-refractivity contribution >= 4 is 17.7 Å². The number of pyridine rings is 1. The number of aromatic nitrogens is 1. The zero-order valence-electron chi connectivity index (χ0n) is 13.4. The number of hydrogen-bond acceptors (Lipinski definition) is 4. The van der Waals surface area contributed by atoms with Crippen LogP contribution < -0.4 is 0 Å². The maximum atomic E-state index is 12.5. The quantitative estimate of drug-likeness (QED) is 0.807. The Balaban J connectivity index is 1.55. The van der Waals surface area contributed by atoms with E-state index >= 15 is 0 Å².